The summed E-state index contributed by atoms with van der Waals surface area (Å²) in [5, 5.41) is 4.10. The molecule has 0 saturated heterocycles. The Morgan fingerprint density at radius 1 is 1.05 bits per heavy atom. The molecule has 0 heterocycles. The molecule has 1 N–H and O–H groups in total. The number of ether oxygens (including phenoxy) is 1. The van der Waals surface area contributed by atoms with E-state index in [0.29, 0.717) is 12.5 Å². The topological polar surface area (TPSA) is 21.3 Å². The maximum absolute atomic E-state index is 5.85. The zero-order valence-electron chi connectivity index (χ0n) is 12.6. The molecule has 0 saturated carbocycles. The highest BCUT2D eigenvalue weighted by Gasteiger charge is 2.04. The fraction of sp³-hybridized carbons (Fsp3) is 0.333. The van der Waals surface area contributed by atoms with Gasteiger partial charge >= 0.3 is 0 Å². The van der Waals surface area contributed by atoms with E-state index in [-0.39, 0.29) is 0 Å². The monoisotopic (exact) mass is 303 g/mol. The summed E-state index contributed by atoms with van der Waals surface area (Å²) in [5.74, 6) is 1.36. The van der Waals surface area contributed by atoms with Gasteiger partial charge in [-0.15, -0.1) is 0 Å². The molecule has 0 aliphatic carbocycles. The van der Waals surface area contributed by atoms with Gasteiger partial charge in [0.05, 0.1) is 0 Å². The Hall–Kier alpha value is -1.51. The summed E-state index contributed by atoms with van der Waals surface area (Å²) in [5.41, 5.74) is 2.52. The lowest BCUT2D eigenvalue weighted by Gasteiger charge is -2.13. The van der Waals surface area contributed by atoms with Gasteiger partial charge in [-0.25, -0.2) is 0 Å². The van der Waals surface area contributed by atoms with Gasteiger partial charge in [-0.3, -0.25) is 0 Å². The maximum Gasteiger partial charge on any atom is 0.119 e. The van der Waals surface area contributed by atoms with Crippen LogP contribution in [-0.4, -0.2) is 13.1 Å². The standard InChI is InChI=1S/C18H22ClNO/c1-3-20-12-14(2)16-6-4-15(5-7-16)13-21-18-10-8-17(19)9-11-18/h4-11,14,20H,3,12-13H2,1-2H3. The van der Waals surface area contributed by atoms with Crippen molar-refractivity contribution < 1.29 is 4.74 Å². The molecule has 3 heteroatoms. The van der Waals surface area contributed by atoms with Crippen molar-refractivity contribution in [2.45, 2.75) is 26.4 Å². The van der Waals surface area contributed by atoms with E-state index in [0.717, 1.165) is 23.9 Å². The molecule has 0 aliphatic heterocycles. The summed E-state index contributed by atoms with van der Waals surface area (Å²) in [7, 11) is 0. The molecule has 1 unspecified atom stereocenters. The van der Waals surface area contributed by atoms with Crippen LogP contribution in [0.25, 0.3) is 0 Å². The molecule has 112 valence electrons. The summed E-state index contributed by atoms with van der Waals surface area (Å²) in [6, 6.07) is 16.1. The van der Waals surface area contributed by atoms with Crippen molar-refractivity contribution in [2.75, 3.05) is 13.1 Å². The molecular formula is C18H22ClNO. The average molecular weight is 304 g/mol. The Kier molecular flexibility index (Phi) is 6.09. The highest BCUT2D eigenvalue weighted by molar-refractivity contribution is 6.30. The Morgan fingerprint density at radius 3 is 2.33 bits per heavy atom. The molecular weight excluding hydrogens is 282 g/mol. The second-order valence-electron chi connectivity index (χ2n) is 5.19. The molecule has 0 radical (unpaired) electrons. The van der Waals surface area contributed by atoms with Gasteiger partial charge < -0.3 is 10.1 Å². The van der Waals surface area contributed by atoms with E-state index in [1.54, 1.807) is 0 Å². The molecule has 0 aliphatic rings. The van der Waals surface area contributed by atoms with Crippen LogP contribution in [0.15, 0.2) is 48.5 Å². The molecule has 0 fully saturated rings. The Balaban J connectivity index is 1.88. The summed E-state index contributed by atoms with van der Waals surface area (Å²) in [6.07, 6.45) is 0. The van der Waals surface area contributed by atoms with Crippen LogP contribution in [0.4, 0.5) is 0 Å². The van der Waals surface area contributed by atoms with Crippen LogP contribution in [0.1, 0.15) is 30.9 Å². The van der Waals surface area contributed by atoms with Crippen LogP contribution in [0.3, 0.4) is 0 Å². The van der Waals surface area contributed by atoms with Crippen LogP contribution in [0.2, 0.25) is 5.02 Å². The first-order valence-electron chi connectivity index (χ1n) is 7.37. The number of hydrogen-bond acceptors (Lipinski definition) is 2. The number of rotatable bonds is 7. The third kappa shape index (κ3) is 5.07. The van der Waals surface area contributed by atoms with Gasteiger partial charge in [-0.2, -0.15) is 0 Å². The number of likely N-dealkylation sites (N-methyl/N-ethyl adjacent to an activating group) is 1. The number of halogens is 1. The van der Waals surface area contributed by atoms with Crippen LogP contribution in [0.5, 0.6) is 5.75 Å². The summed E-state index contributed by atoms with van der Waals surface area (Å²) in [4.78, 5) is 0. The van der Waals surface area contributed by atoms with Crippen molar-refractivity contribution >= 4 is 11.6 Å². The number of benzene rings is 2. The van der Waals surface area contributed by atoms with E-state index >= 15 is 0 Å². The minimum absolute atomic E-state index is 0.524. The van der Waals surface area contributed by atoms with E-state index in [4.69, 9.17) is 16.3 Å². The van der Waals surface area contributed by atoms with Crippen molar-refractivity contribution in [3.05, 3.63) is 64.7 Å². The first kappa shape index (κ1) is 15.9. The van der Waals surface area contributed by atoms with Gasteiger partial charge in [0, 0.05) is 11.6 Å². The van der Waals surface area contributed by atoms with Gasteiger partial charge in [0.15, 0.2) is 0 Å². The van der Waals surface area contributed by atoms with Crippen LogP contribution < -0.4 is 10.1 Å². The van der Waals surface area contributed by atoms with E-state index in [9.17, 15) is 0 Å². The lowest BCUT2D eigenvalue weighted by molar-refractivity contribution is 0.306. The molecule has 2 nitrogen and oxygen atoms in total. The number of nitrogens with one attached hydrogen (secondary N) is 1. The third-order valence-electron chi connectivity index (χ3n) is 3.47. The van der Waals surface area contributed by atoms with Gasteiger partial charge in [0.2, 0.25) is 0 Å². The van der Waals surface area contributed by atoms with E-state index < -0.39 is 0 Å². The Bertz CT molecular complexity index is 536. The predicted octanol–water partition coefficient (Wildman–Crippen LogP) is 4.63. The van der Waals surface area contributed by atoms with Crippen LogP contribution >= 0.6 is 11.6 Å². The fourth-order valence-electron chi connectivity index (χ4n) is 2.12. The molecule has 2 rings (SSSR count). The van der Waals surface area contributed by atoms with E-state index in [1.807, 2.05) is 24.3 Å². The molecule has 0 amide bonds. The molecule has 21 heavy (non-hydrogen) atoms. The smallest absolute Gasteiger partial charge is 0.119 e. The Labute approximate surface area is 132 Å². The van der Waals surface area contributed by atoms with E-state index in [1.165, 1.54) is 11.1 Å². The molecule has 2 aromatic rings. The van der Waals surface area contributed by atoms with Gasteiger partial charge in [-0.05, 0) is 47.9 Å². The molecule has 1 atom stereocenters. The molecule has 0 bridgehead atoms. The second kappa shape index (κ2) is 8.06. The van der Waals surface area contributed by atoms with E-state index in [2.05, 4.69) is 43.4 Å². The minimum Gasteiger partial charge on any atom is -0.489 e. The summed E-state index contributed by atoms with van der Waals surface area (Å²) >= 11 is 5.85. The van der Waals surface area contributed by atoms with Crippen molar-refractivity contribution in [1.29, 1.82) is 0 Å². The summed E-state index contributed by atoms with van der Waals surface area (Å²) < 4.78 is 5.74. The lowest BCUT2D eigenvalue weighted by atomic mass is 10.00. The van der Waals surface area contributed by atoms with Gasteiger partial charge in [0.25, 0.3) is 0 Å². The predicted molar refractivity (Wildman–Crippen MR) is 89.2 cm³/mol. The largest absolute Gasteiger partial charge is 0.489 e. The van der Waals surface area contributed by atoms with Crippen molar-refractivity contribution in [3.63, 3.8) is 0 Å². The van der Waals surface area contributed by atoms with Crippen molar-refractivity contribution in [1.82, 2.24) is 5.32 Å². The fourth-order valence-corrected chi connectivity index (χ4v) is 2.24. The molecule has 0 aromatic heterocycles. The van der Waals surface area contributed by atoms with Crippen molar-refractivity contribution in [3.8, 4) is 5.75 Å². The SMILES string of the molecule is CCNCC(C)c1ccc(COc2ccc(Cl)cc2)cc1. The van der Waals surface area contributed by atoms with Gasteiger partial charge in [-0.1, -0.05) is 49.7 Å². The quantitative estimate of drug-likeness (QED) is 0.805. The highest BCUT2D eigenvalue weighted by atomic mass is 35.5. The maximum atomic E-state index is 5.85. The van der Waals surface area contributed by atoms with Gasteiger partial charge in [0.1, 0.15) is 12.4 Å². The van der Waals surface area contributed by atoms with Crippen LogP contribution in [0, 0.1) is 0 Å². The summed E-state index contributed by atoms with van der Waals surface area (Å²) in [6.45, 7) is 6.96. The second-order valence-corrected chi connectivity index (χ2v) is 5.63. The zero-order valence-corrected chi connectivity index (χ0v) is 13.4. The first-order chi connectivity index (χ1) is 10.2. The van der Waals surface area contributed by atoms with Crippen molar-refractivity contribution in [2.24, 2.45) is 0 Å². The number of hydrogen-bond donors (Lipinski definition) is 1. The minimum atomic E-state index is 0.524. The molecule has 0 spiro atoms. The lowest BCUT2D eigenvalue weighted by Crippen LogP contribution is -2.19. The van der Waals surface area contributed by atoms with Crippen LogP contribution in [-0.2, 0) is 6.61 Å². The third-order valence-corrected chi connectivity index (χ3v) is 3.72. The first-order valence-corrected chi connectivity index (χ1v) is 7.74. The zero-order chi connectivity index (χ0) is 15.1. The average Bonchev–Trinajstić information content (AvgIpc) is 2.52. The molecule has 2 aromatic carbocycles. The Morgan fingerprint density at radius 2 is 1.71 bits per heavy atom. The highest BCUT2D eigenvalue weighted by Crippen LogP contribution is 2.18. The normalized spacial score (nSPS) is 12.1.